The van der Waals surface area contributed by atoms with E-state index in [0.29, 0.717) is 17.6 Å². The predicted octanol–water partition coefficient (Wildman–Crippen LogP) is 11.2. The van der Waals surface area contributed by atoms with Crippen molar-refractivity contribution in [3.8, 4) is 0 Å². The van der Waals surface area contributed by atoms with E-state index in [0.717, 1.165) is 52.6 Å². The molecule has 0 aliphatic carbocycles. The molecule has 332 valence electrons. The highest BCUT2D eigenvalue weighted by atomic mass is 35.7. The lowest BCUT2D eigenvalue weighted by molar-refractivity contribution is -0.201. The number of benzene rings is 2. The van der Waals surface area contributed by atoms with Crippen molar-refractivity contribution < 1.29 is 75.3 Å². The standard InChI is InChI=1S/C20H26F3O4PS.C17H22O3.C3H6ClF3OPS/c1-7-13-9-12(3)15(14(8-2)10-13)16-17(19(4,5)26-18(16)24)27-28(6,29)25-11-20(21,22)23;1-6-11-8-10(3)13(12(7-2)9-11)14-15(18)17(4,5)20-16(14)19;1-9(4,10)8-2-3(5,6)7/h9-10H,7-8,11H2,1-6H3;8-9,18H,6-7H2,1-5H3;4H,2H2,1H3/q;;+1. The maximum Gasteiger partial charge on any atom is 0.412 e. The van der Waals surface area contributed by atoms with E-state index in [9.17, 15) is 41.0 Å². The molecule has 0 saturated carbocycles. The Morgan fingerprint density at radius 3 is 1.42 bits per heavy atom. The van der Waals surface area contributed by atoms with Gasteiger partial charge in [-0.2, -0.15) is 26.3 Å². The molecule has 8 nitrogen and oxygen atoms in total. The molecule has 2 unspecified atom stereocenters. The summed E-state index contributed by atoms with van der Waals surface area (Å²) < 4.78 is 97.5. The van der Waals surface area contributed by atoms with Crippen LogP contribution in [0.25, 0.3) is 11.1 Å². The van der Waals surface area contributed by atoms with E-state index in [-0.39, 0.29) is 17.1 Å². The zero-order chi connectivity index (χ0) is 45.7. The number of hydrogen-bond donors (Lipinski definition) is 1. The number of halogens is 7. The lowest BCUT2D eigenvalue weighted by Gasteiger charge is -2.27. The van der Waals surface area contributed by atoms with Crippen LogP contribution in [0.15, 0.2) is 35.8 Å². The second-order valence-electron chi connectivity index (χ2n) is 14.9. The van der Waals surface area contributed by atoms with Crippen LogP contribution in [0.3, 0.4) is 0 Å². The number of hydrogen-bond acceptors (Lipinski definition) is 10. The first kappa shape index (κ1) is 52.7. The minimum Gasteiger partial charge on any atom is -0.507 e. The molecule has 59 heavy (non-hydrogen) atoms. The topological polar surface area (TPSA) is 101 Å². The van der Waals surface area contributed by atoms with Gasteiger partial charge in [0.2, 0.25) is 6.49 Å². The van der Waals surface area contributed by atoms with Crippen LogP contribution in [-0.4, -0.2) is 67.1 Å². The quantitative estimate of drug-likeness (QED) is 0.126. The van der Waals surface area contributed by atoms with Crippen LogP contribution in [0.2, 0.25) is 0 Å². The summed E-state index contributed by atoms with van der Waals surface area (Å²) in [5.41, 5.74) is 3.65. The van der Waals surface area contributed by atoms with Crippen LogP contribution in [0.5, 0.6) is 0 Å². The highest BCUT2D eigenvalue weighted by Gasteiger charge is 2.46. The van der Waals surface area contributed by atoms with Crippen molar-refractivity contribution in [2.45, 2.75) is 118 Å². The number of carbonyl (C=O) groups is 2. The largest absolute Gasteiger partial charge is 0.507 e. The monoisotopic (exact) mass is 937 g/mol. The minimum atomic E-state index is -4.53. The summed E-state index contributed by atoms with van der Waals surface area (Å²) >= 11 is 14.1. The van der Waals surface area contributed by atoms with Crippen molar-refractivity contribution in [2.75, 3.05) is 26.5 Å². The Balaban J connectivity index is 0.000000344. The number of aryl methyl sites for hydroxylation is 6. The summed E-state index contributed by atoms with van der Waals surface area (Å²) in [5, 5.41) is 10.3. The van der Waals surface area contributed by atoms with Gasteiger partial charge in [-0.15, -0.1) is 0 Å². The third-order valence-electron chi connectivity index (χ3n) is 8.90. The Labute approximate surface area is 358 Å². The maximum absolute atomic E-state index is 12.8. The van der Waals surface area contributed by atoms with E-state index < -0.39 is 60.8 Å². The Bertz CT molecular complexity index is 2060. The van der Waals surface area contributed by atoms with Crippen molar-refractivity contribution in [1.29, 1.82) is 0 Å². The average Bonchev–Trinajstić information content (AvgIpc) is 3.44. The molecule has 2 aromatic carbocycles. The molecule has 0 bridgehead atoms. The smallest absolute Gasteiger partial charge is 0.412 e. The van der Waals surface area contributed by atoms with Gasteiger partial charge < -0.3 is 23.6 Å². The van der Waals surface area contributed by atoms with Gasteiger partial charge in [0.05, 0.1) is 0 Å². The van der Waals surface area contributed by atoms with Gasteiger partial charge >= 0.3 is 29.9 Å². The number of aliphatic hydroxyl groups excluding tert-OH is 1. The molecule has 2 atom stereocenters. The summed E-state index contributed by atoms with van der Waals surface area (Å²) in [5.74, 6) is -0.866. The van der Waals surface area contributed by atoms with Crippen molar-refractivity contribution in [3.63, 3.8) is 0 Å². The summed E-state index contributed by atoms with van der Waals surface area (Å²) in [6, 6.07) is 8.20. The first-order valence-corrected chi connectivity index (χ1v) is 25.9. The van der Waals surface area contributed by atoms with Crippen LogP contribution in [-0.2, 0) is 81.9 Å². The van der Waals surface area contributed by atoms with E-state index in [1.807, 2.05) is 39.8 Å². The fraction of sp³-hybridized carbons (Fsp3) is 0.550. The van der Waals surface area contributed by atoms with Crippen LogP contribution in [0.1, 0.15) is 99.9 Å². The zero-order valence-corrected chi connectivity index (χ0v) is 39.5. The summed E-state index contributed by atoms with van der Waals surface area (Å²) in [6.45, 7) is 15.2. The van der Waals surface area contributed by atoms with Crippen LogP contribution < -0.4 is 0 Å². The third kappa shape index (κ3) is 15.1. The molecule has 0 aromatic heterocycles. The summed E-state index contributed by atoms with van der Waals surface area (Å²) in [7, 11) is 0. The molecule has 0 saturated heterocycles. The SMILES string of the molecule is CCc1cc(C)c(C2=C(O)C(C)(C)OC2=O)c(CC)c1.CCc1cc(C)c(C2=C(OP(C)(=S)OCC(F)(F)F)C(C)(C)OC2=O)c(CC)c1.CP(=S)([ClH+])OCC(F)(F)F. The van der Waals surface area contributed by atoms with Crippen molar-refractivity contribution >= 4 is 58.8 Å². The highest BCUT2D eigenvalue weighted by molar-refractivity contribution is 8.09. The molecule has 2 aliphatic heterocycles. The normalized spacial score (nSPS) is 18.2. The van der Waals surface area contributed by atoms with Crippen LogP contribution >= 0.6 is 12.1 Å². The van der Waals surface area contributed by atoms with Gasteiger partial charge in [-0.25, -0.2) is 9.59 Å². The van der Waals surface area contributed by atoms with Crippen LogP contribution in [0.4, 0.5) is 26.3 Å². The molecule has 0 spiro atoms. The zero-order valence-electron chi connectivity index (χ0n) is 35.2. The molecule has 0 radical (unpaired) electrons. The first-order chi connectivity index (χ1) is 26.7. The second-order valence-corrected chi connectivity index (χ2v) is 25.6. The molecule has 4 rings (SSSR count). The minimum absolute atomic E-state index is 0.0320. The molecule has 2 aromatic rings. The van der Waals surface area contributed by atoms with Gasteiger partial charge in [-0.05, 0) is 135 Å². The van der Waals surface area contributed by atoms with E-state index in [2.05, 4.69) is 53.6 Å². The third-order valence-corrected chi connectivity index (χ3v) is 11.8. The molecule has 19 heteroatoms. The van der Waals surface area contributed by atoms with E-state index >= 15 is 0 Å². The van der Waals surface area contributed by atoms with Crippen molar-refractivity contribution in [3.05, 3.63) is 80.3 Å². The molecular formula is C40H54ClF6O8P2S2+. The van der Waals surface area contributed by atoms with Gasteiger partial charge in [-0.1, -0.05) is 52.0 Å². The Hall–Kier alpha value is -2.45. The van der Waals surface area contributed by atoms with Gasteiger partial charge in [0, 0.05) is 13.3 Å². The fourth-order valence-electron chi connectivity index (χ4n) is 6.18. The average molecular weight is 938 g/mol. The van der Waals surface area contributed by atoms with E-state index in [4.69, 9.17) is 30.3 Å². The van der Waals surface area contributed by atoms with Crippen LogP contribution in [0, 0.1) is 25.1 Å². The Kier molecular flexibility index (Phi) is 18.0. The lowest BCUT2D eigenvalue weighted by Crippen LogP contribution is -2.24. The van der Waals surface area contributed by atoms with Gasteiger partial charge in [0.15, 0.2) is 47.2 Å². The summed E-state index contributed by atoms with van der Waals surface area (Å²) in [4.78, 5) is 24.9. The number of ether oxygens (including phenoxy) is 2. The number of aliphatic hydroxyl groups is 1. The number of esters is 2. The number of carbonyl (C=O) groups excluding carboxylic acids is 2. The highest BCUT2D eigenvalue weighted by Crippen LogP contribution is 2.53. The number of rotatable bonds is 12. The maximum atomic E-state index is 12.8. The second kappa shape index (κ2) is 20.2. The molecular weight excluding hydrogens is 884 g/mol. The van der Waals surface area contributed by atoms with Crippen molar-refractivity contribution in [2.24, 2.45) is 0 Å². The molecule has 2 heterocycles. The van der Waals surface area contributed by atoms with Gasteiger partial charge in [0.1, 0.15) is 11.1 Å². The Morgan fingerprint density at radius 1 is 0.695 bits per heavy atom. The fourth-order valence-corrected chi connectivity index (χ4v) is 8.34. The van der Waals surface area contributed by atoms with Crippen molar-refractivity contribution in [1.82, 2.24) is 0 Å². The lowest BCUT2D eigenvalue weighted by atomic mass is 9.89. The van der Waals surface area contributed by atoms with Gasteiger partial charge in [-0.3, -0.25) is 4.52 Å². The van der Waals surface area contributed by atoms with E-state index in [1.54, 1.807) is 27.7 Å². The summed E-state index contributed by atoms with van der Waals surface area (Å²) in [6.07, 6.45) is -5.57. The molecule has 1 N–H and O–H groups in total. The van der Waals surface area contributed by atoms with Gasteiger partial charge in [0.25, 0.3) is 0 Å². The first-order valence-electron chi connectivity index (χ1n) is 18.6. The predicted molar refractivity (Wildman–Crippen MR) is 224 cm³/mol. The molecule has 0 amide bonds. The van der Waals surface area contributed by atoms with E-state index in [1.165, 1.54) is 18.9 Å². The molecule has 0 fully saturated rings. The number of cyclic esters (lactones) is 2. The number of alkyl halides is 6. The molecule has 2 aliphatic rings. The Morgan fingerprint density at radius 2 is 1.08 bits per heavy atom.